The van der Waals surface area contributed by atoms with Crippen molar-refractivity contribution in [3.8, 4) is 11.3 Å². The van der Waals surface area contributed by atoms with Gasteiger partial charge in [-0.3, -0.25) is 4.79 Å². The lowest BCUT2D eigenvalue weighted by Gasteiger charge is -2.31. The number of halogens is 1. The van der Waals surface area contributed by atoms with Gasteiger partial charge in [0.15, 0.2) is 11.5 Å². The van der Waals surface area contributed by atoms with Crippen LogP contribution in [0, 0.1) is 5.92 Å². The molecule has 0 unspecified atom stereocenters. The fourth-order valence-electron chi connectivity index (χ4n) is 3.09. The summed E-state index contributed by atoms with van der Waals surface area (Å²) in [5.41, 5.74) is 1.18. The summed E-state index contributed by atoms with van der Waals surface area (Å²) >= 11 is 5.99. The van der Waals surface area contributed by atoms with Gasteiger partial charge in [-0.05, 0) is 50.9 Å². The highest BCUT2D eigenvalue weighted by atomic mass is 35.5. The second kappa shape index (κ2) is 7.81. The van der Waals surface area contributed by atoms with E-state index in [2.05, 4.69) is 10.5 Å². The number of nitrogens with zero attached hydrogens (tertiary/aromatic N) is 2. The molecule has 0 atom stereocenters. The third kappa shape index (κ3) is 3.97. The second-order valence-corrected chi connectivity index (χ2v) is 6.65. The highest BCUT2D eigenvalue weighted by Crippen LogP contribution is 2.25. The molecule has 1 amide bonds. The van der Waals surface area contributed by atoms with Crippen molar-refractivity contribution in [1.29, 1.82) is 0 Å². The minimum absolute atomic E-state index is 0.0564. The predicted molar refractivity (Wildman–Crippen MR) is 94.1 cm³/mol. The Bertz CT molecular complexity index is 693. The Balaban J connectivity index is 1.62. The van der Waals surface area contributed by atoms with Gasteiger partial charge in [-0.15, -0.1) is 0 Å². The van der Waals surface area contributed by atoms with Gasteiger partial charge in [0.05, 0.1) is 0 Å². The van der Waals surface area contributed by atoms with E-state index in [9.17, 15) is 4.79 Å². The first-order valence-corrected chi connectivity index (χ1v) is 8.71. The van der Waals surface area contributed by atoms with Crippen LogP contribution in [0.25, 0.3) is 11.3 Å². The van der Waals surface area contributed by atoms with Crippen LogP contribution in [0.4, 0.5) is 0 Å². The lowest BCUT2D eigenvalue weighted by Crippen LogP contribution is -2.39. The topological polar surface area (TPSA) is 58.4 Å². The zero-order chi connectivity index (χ0) is 16.9. The number of carbonyl (C=O) groups excluding carboxylic acids is 1. The number of aromatic nitrogens is 1. The van der Waals surface area contributed by atoms with Crippen molar-refractivity contribution in [1.82, 2.24) is 15.4 Å². The van der Waals surface area contributed by atoms with Gasteiger partial charge in [-0.1, -0.05) is 28.9 Å². The van der Waals surface area contributed by atoms with E-state index in [1.807, 2.05) is 24.1 Å². The van der Waals surface area contributed by atoms with Gasteiger partial charge in [0.25, 0.3) is 5.91 Å². The summed E-state index contributed by atoms with van der Waals surface area (Å²) in [5.74, 6) is 1.20. The number of hydrogen-bond acceptors (Lipinski definition) is 4. The standard InChI is InChI=1S/C18H22ClN3O2/c1-20-8-5-13-6-9-22(10-7-13)18(23)16-12-17(24-21-16)14-3-2-4-15(19)11-14/h2-4,11-13,20H,5-10H2,1H3. The third-order valence-corrected chi connectivity index (χ3v) is 4.78. The van der Waals surface area contributed by atoms with E-state index in [0.29, 0.717) is 22.4 Å². The molecule has 6 heteroatoms. The van der Waals surface area contributed by atoms with Crippen LogP contribution in [0.15, 0.2) is 34.9 Å². The molecule has 0 saturated carbocycles. The monoisotopic (exact) mass is 347 g/mol. The van der Waals surface area contributed by atoms with E-state index in [-0.39, 0.29) is 5.91 Å². The van der Waals surface area contributed by atoms with E-state index < -0.39 is 0 Å². The number of benzene rings is 1. The molecule has 0 bridgehead atoms. The lowest BCUT2D eigenvalue weighted by molar-refractivity contribution is 0.0677. The van der Waals surface area contributed by atoms with Crippen LogP contribution in [0.3, 0.4) is 0 Å². The molecule has 1 aromatic carbocycles. The Morgan fingerprint density at radius 3 is 2.88 bits per heavy atom. The van der Waals surface area contributed by atoms with Crippen LogP contribution in [-0.2, 0) is 0 Å². The van der Waals surface area contributed by atoms with Gasteiger partial charge in [-0.2, -0.15) is 0 Å². The Morgan fingerprint density at radius 2 is 2.17 bits per heavy atom. The average Bonchev–Trinajstić information content (AvgIpc) is 3.10. The number of likely N-dealkylation sites (tertiary alicyclic amines) is 1. The van der Waals surface area contributed by atoms with Crippen molar-refractivity contribution in [3.05, 3.63) is 41.0 Å². The maximum Gasteiger partial charge on any atom is 0.276 e. The number of carbonyl (C=O) groups is 1. The summed E-state index contributed by atoms with van der Waals surface area (Å²) < 4.78 is 5.33. The SMILES string of the molecule is CNCCC1CCN(C(=O)c2cc(-c3cccc(Cl)c3)on2)CC1. The van der Waals surface area contributed by atoms with Crippen molar-refractivity contribution in [2.24, 2.45) is 5.92 Å². The summed E-state index contributed by atoms with van der Waals surface area (Å²) in [4.78, 5) is 14.5. The molecule has 0 spiro atoms. The van der Waals surface area contributed by atoms with Gasteiger partial charge >= 0.3 is 0 Å². The molecular weight excluding hydrogens is 326 g/mol. The summed E-state index contributed by atoms with van der Waals surface area (Å²) in [6.45, 7) is 2.60. The fourth-order valence-corrected chi connectivity index (χ4v) is 3.28. The zero-order valence-corrected chi connectivity index (χ0v) is 14.6. The molecule has 0 radical (unpaired) electrons. The minimum atomic E-state index is -0.0564. The van der Waals surface area contributed by atoms with Crippen molar-refractivity contribution >= 4 is 17.5 Å². The molecule has 5 nitrogen and oxygen atoms in total. The predicted octanol–water partition coefficient (Wildman–Crippen LogP) is 3.46. The molecule has 2 heterocycles. The maximum atomic E-state index is 12.6. The smallest absolute Gasteiger partial charge is 0.276 e. The molecule has 1 saturated heterocycles. The van der Waals surface area contributed by atoms with Gasteiger partial charge in [0, 0.05) is 29.7 Å². The highest BCUT2D eigenvalue weighted by Gasteiger charge is 2.25. The molecule has 1 aliphatic heterocycles. The molecule has 1 aliphatic rings. The summed E-state index contributed by atoms with van der Waals surface area (Å²) in [7, 11) is 1.97. The molecule has 1 aromatic heterocycles. The first-order chi connectivity index (χ1) is 11.7. The summed E-state index contributed by atoms with van der Waals surface area (Å²) in [6.07, 6.45) is 3.26. The first-order valence-electron chi connectivity index (χ1n) is 8.34. The third-order valence-electron chi connectivity index (χ3n) is 4.54. The largest absolute Gasteiger partial charge is 0.355 e. The molecule has 1 N–H and O–H groups in total. The number of rotatable bonds is 5. The van der Waals surface area contributed by atoms with Crippen LogP contribution < -0.4 is 5.32 Å². The van der Waals surface area contributed by atoms with E-state index in [1.54, 1.807) is 18.2 Å². The Kier molecular flexibility index (Phi) is 5.53. The van der Waals surface area contributed by atoms with Crippen LogP contribution in [0.2, 0.25) is 5.02 Å². The van der Waals surface area contributed by atoms with E-state index in [1.165, 1.54) is 6.42 Å². The van der Waals surface area contributed by atoms with Crippen molar-refractivity contribution in [3.63, 3.8) is 0 Å². The average molecular weight is 348 g/mol. The first kappa shape index (κ1) is 17.0. The van der Waals surface area contributed by atoms with Crippen LogP contribution in [-0.4, -0.2) is 42.6 Å². The van der Waals surface area contributed by atoms with Crippen molar-refractivity contribution < 1.29 is 9.32 Å². The molecule has 3 rings (SSSR count). The molecule has 128 valence electrons. The van der Waals surface area contributed by atoms with Gasteiger partial charge in [0.1, 0.15) is 0 Å². The number of amides is 1. The van der Waals surface area contributed by atoms with Gasteiger partial charge < -0.3 is 14.7 Å². The van der Waals surface area contributed by atoms with Gasteiger partial charge in [-0.25, -0.2) is 0 Å². The van der Waals surface area contributed by atoms with Crippen LogP contribution in [0.5, 0.6) is 0 Å². The van der Waals surface area contributed by atoms with E-state index in [0.717, 1.165) is 38.0 Å². The fraction of sp³-hybridized carbons (Fsp3) is 0.444. The molecule has 1 fully saturated rings. The quantitative estimate of drug-likeness (QED) is 0.899. The molecular formula is C18H22ClN3O2. The molecule has 24 heavy (non-hydrogen) atoms. The molecule has 2 aromatic rings. The molecule has 0 aliphatic carbocycles. The van der Waals surface area contributed by atoms with Crippen LogP contribution >= 0.6 is 11.6 Å². The Labute approximate surface area is 147 Å². The Hall–Kier alpha value is -1.85. The second-order valence-electron chi connectivity index (χ2n) is 6.21. The van der Waals surface area contributed by atoms with E-state index in [4.69, 9.17) is 16.1 Å². The summed E-state index contributed by atoms with van der Waals surface area (Å²) in [5, 5.41) is 7.76. The normalized spacial score (nSPS) is 15.7. The summed E-state index contributed by atoms with van der Waals surface area (Å²) in [6, 6.07) is 9.02. The highest BCUT2D eigenvalue weighted by molar-refractivity contribution is 6.30. The van der Waals surface area contributed by atoms with Crippen molar-refractivity contribution in [2.75, 3.05) is 26.7 Å². The number of hydrogen-bond donors (Lipinski definition) is 1. The number of piperidine rings is 1. The van der Waals surface area contributed by atoms with Gasteiger partial charge in [0.2, 0.25) is 0 Å². The van der Waals surface area contributed by atoms with Crippen LogP contribution in [0.1, 0.15) is 29.8 Å². The van der Waals surface area contributed by atoms with E-state index >= 15 is 0 Å². The zero-order valence-electron chi connectivity index (χ0n) is 13.8. The van der Waals surface area contributed by atoms with Crippen molar-refractivity contribution in [2.45, 2.75) is 19.3 Å². The minimum Gasteiger partial charge on any atom is -0.355 e. The number of nitrogens with one attached hydrogen (secondary N) is 1. The maximum absolute atomic E-state index is 12.6. The Morgan fingerprint density at radius 1 is 1.38 bits per heavy atom. The lowest BCUT2D eigenvalue weighted by atomic mass is 9.93.